The zero-order valence-corrected chi connectivity index (χ0v) is 11.8. The number of nitrogens with one attached hydrogen (secondary N) is 1. The normalized spacial score (nSPS) is 9.91. The van der Waals surface area contributed by atoms with Gasteiger partial charge < -0.3 is 14.8 Å². The first-order valence-electron chi connectivity index (χ1n) is 6.45. The van der Waals surface area contributed by atoms with Crippen molar-refractivity contribution in [2.24, 2.45) is 0 Å². The summed E-state index contributed by atoms with van der Waals surface area (Å²) in [7, 11) is 1.44. The van der Waals surface area contributed by atoms with E-state index >= 15 is 0 Å². The van der Waals surface area contributed by atoms with Crippen LogP contribution in [0.5, 0.6) is 5.75 Å². The number of benzene rings is 2. The molecule has 0 aliphatic heterocycles. The average molecular weight is 303 g/mol. The van der Waals surface area contributed by atoms with Gasteiger partial charge in [0.2, 0.25) is 0 Å². The minimum Gasteiger partial charge on any atom is -0.496 e. The van der Waals surface area contributed by atoms with Gasteiger partial charge in [-0.25, -0.2) is 9.18 Å². The number of halogens is 1. The fraction of sp³-hybridized carbons (Fsp3) is 0.125. The molecule has 0 saturated heterocycles. The zero-order chi connectivity index (χ0) is 15.9. The first-order chi connectivity index (χ1) is 10.6. The summed E-state index contributed by atoms with van der Waals surface area (Å²) in [6, 6.07) is 11.8. The minimum atomic E-state index is -0.660. The number of anilines is 1. The van der Waals surface area contributed by atoms with E-state index in [0.717, 1.165) is 0 Å². The molecule has 6 heteroatoms. The van der Waals surface area contributed by atoms with Gasteiger partial charge in [0.15, 0.2) is 6.61 Å². The van der Waals surface area contributed by atoms with Gasteiger partial charge >= 0.3 is 5.97 Å². The third-order valence-corrected chi connectivity index (χ3v) is 2.79. The number of para-hydroxylation sites is 1. The highest BCUT2D eigenvalue weighted by Crippen LogP contribution is 2.18. The second-order valence-corrected chi connectivity index (χ2v) is 4.33. The Morgan fingerprint density at radius 2 is 1.77 bits per heavy atom. The zero-order valence-electron chi connectivity index (χ0n) is 11.8. The molecule has 0 aromatic heterocycles. The van der Waals surface area contributed by atoms with Crippen LogP contribution in [-0.4, -0.2) is 25.6 Å². The fourth-order valence-corrected chi connectivity index (χ4v) is 1.75. The number of amides is 1. The lowest BCUT2D eigenvalue weighted by molar-refractivity contribution is -0.119. The summed E-state index contributed by atoms with van der Waals surface area (Å²) in [6.07, 6.45) is 0. The Hall–Kier alpha value is -2.89. The third kappa shape index (κ3) is 4.05. The summed E-state index contributed by atoms with van der Waals surface area (Å²) < 4.78 is 22.7. The van der Waals surface area contributed by atoms with Gasteiger partial charge in [0.1, 0.15) is 17.1 Å². The number of esters is 1. The Balaban J connectivity index is 1.90. The standard InChI is InChI=1S/C16H14FNO4/c1-21-14-5-3-2-4-13(14)16(20)22-10-15(19)18-12-8-6-11(17)7-9-12/h2-9H,10H2,1H3,(H,18,19). The number of hydrogen-bond acceptors (Lipinski definition) is 4. The van der Waals surface area contributed by atoms with Crippen LogP contribution in [0, 0.1) is 5.82 Å². The number of carbonyl (C=O) groups is 2. The van der Waals surface area contributed by atoms with Gasteiger partial charge in [-0.15, -0.1) is 0 Å². The molecular formula is C16H14FNO4. The van der Waals surface area contributed by atoms with E-state index in [1.54, 1.807) is 24.3 Å². The van der Waals surface area contributed by atoms with E-state index in [1.165, 1.54) is 31.4 Å². The molecule has 1 N–H and O–H groups in total. The van der Waals surface area contributed by atoms with Gasteiger partial charge in [-0.1, -0.05) is 12.1 Å². The lowest BCUT2D eigenvalue weighted by Gasteiger charge is -2.09. The highest BCUT2D eigenvalue weighted by molar-refractivity contribution is 5.96. The van der Waals surface area contributed by atoms with E-state index < -0.39 is 24.3 Å². The largest absolute Gasteiger partial charge is 0.496 e. The summed E-state index contributed by atoms with van der Waals surface area (Å²) in [4.78, 5) is 23.6. The maximum Gasteiger partial charge on any atom is 0.342 e. The SMILES string of the molecule is COc1ccccc1C(=O)OCC(=O)Nc1ccc(F)cc1. The first-order valence-corrected chi connectivity index (χ1v) is 6.45. The molecule has 22 heavy (non-hydrogen) atoms. The summed E-state index contributed by atoms with van der Waals surface area (Å²) in [5.74, 6) is -1.21. The van der Waals surface area contributed by atoms with Crippen molar-refractivity contribution in [3.05, 3.63) is 59.9 Å². The van der Waals surface area contributed by atoms with Gasteiger partial charge in [0, 0.05) is 5.69 Å². The van der Waals surface area contributed by atoms with Gasteiger partial charge in [-0.05, 0) is 36.4 Å². The Morgan fingerprint density at radius 3 is 2.45 bits per heavy atom. The van der Waals surface area contributed by atoms with E-state index in [1.807, 2.05) is 0 Å². The van der Waals surface area contributed by atoms with Crippen molar-refractivity contribution >= 4 is 17.6 Å². The predicted octanol–water partition coefficient (Wildman–Crippen LogP) is 2.63. The maximum atomic E-state index is 12.7. The number of methoxy groups -OCH3 is 1. The number of carbonyl (C=O) groups excluding carboxylic acids is 2. The van der Waals surface area contributed by atoms with E-state index in [0.29, 0.717) is 11.4 Å². The molecule has 2 aromatic rings. The van der Waals surface area contributed by atoms with Gasteiger partial charge in [0.25, 0.3) is 5.91 Å². The van der Waals surface area contributed by atoms with Crippen LogP contribution in [0.2, 0.25) is 0 Å². The Morgan fingerprint density at radius 1 is 1.09 bits per heavy atom. The van der Waals surface area contributed by atoms with E-state index in [-0.39, 0.29) is 5.56 Å². The van der Waals surface area contributed by atoms with Crippen LogP contribution in [-0.2, 0) is 9.53 Å². The Bertz CT molecular complexity index is 670. The topological polar surface area (TPSA) is 64.6 Å². The minimum absolute atomic E-state index is 0.236. The van der Waals surface area contributed by atoms with Crippen LogP contribution in [0.1, 0.15) is 10.4 Å². The monoisotopic (exact) mass is 303 g/mol. The van der Waals surface area contributed by atoms with Crippen molar-refractivity contribution in [2.75, 3.05) is 19.0 Å². The van der Waals surface area contributed by atoms with Crippen molar-refractivity contribution in [3.63, 3.8) is 0 Å². The molecule has 1 amide bonds. The van der Waals surface area contributed by atoms with E-state index in [2.05, 4.69) is 5.32 Å². The molecule has 2 aromatic carbocycles. The van der Waals surface area contributed by atoms with Gasteiger partial charge in [-0.3, -0.25) is 4.79 Å². The smallest absolute Gasteiger partial charge is 0.342 e. The first kappa shape index (κ1) is 15.5. The van der Waals surface area contributed by atoms with Gasteiger partial charge in [0.05, 0.1) is 7.11 Å². The summed E-state index contributed by atoms with van der Waals surface area (Å²) in [5.41, 5.74) is 0.652. The van der Waals surface area contributed by atoms with Crippen molar-refractivity contribution in [1.29, 1.82) is 0 Å². The Kier molecular flexibility index (Phi) is 5.08. The number of hydrogen-bond donors (Lipinski definition) is 1. The molecular weight excluding hydrogens is 289 g/mol. The van der Waals surface area contributed by atoms with Gasteiger partial charge in [-0.2, -0.15) is 0 Å². The maximum absolute atomic E-state index is 12.7. The summed E-state index contributed by atoms with van der Waals surface area (Å²) >= 11 is 0. The van der Waals surface area contributed by atoms with E-state index in [9.17, 15) is 14.0 Å². The van der Waals surface area contributed by atoms with Crippen LogP contribution in [0.3, 0.4) is 0 Å². The molecule has 0 aliphatic carbocycles. The summed E-state index contributed by atoms with van der Waals surface area (Å²) in [5, 5.41) is 2.49. The lowest BCUT2D eigenvalue weighted by Crippen LogP contribution is -2.21. The van der Waals surface area contributed by atoms with E-state index in [4.69, 9.17) is 9.47 Å². The summed E-state index contributed by atoms with van der Waals surface area (Å²) in [6.45, 7) is -0.450. The second-order valence-electron chi connectivity index (χ2n) is 4.33. The third-order valence-electron chi connectivity index (χ3n) is 2.79. The number of rotatable bonds is 5. The lowest BCUT2D eigenvalue weighted by atomic mass is 10.2. The van der Waals surface area contributed by atoms with Crippen LogP contribution < -0.4 is 10.1 Å². The molecule has 0 spiro atoms. The molecule has 0 fully saturated rings. The highest BCUT2D eigenvalue weighted by Gasteiger charge is 2.14. The van der Waals surface area contributed by atoms with Crippen LogP contribution >= 0.6 is 0 Å². The molecule has 114 valence electrons. The number of ether oxygens (including phenoxy) is 2. The van der Waals surface area contributed by atoms with Crippen LogP contribution in [0.15, 0.2) is 48.5 Å². The van der Waals surface area contributed by atoms with Crippen molar-refractivity contribution in [1.82, 2.24) is 0 Å². The molecule has 0 atom stereocenters. The molecule has 5 nitrogen and oxygen atoms in total. The average Bonchev–Trinajstić information content (AvgIpc) is 2.54. The van der Waals surface area contributed by atoms with Crippen molar-refractivity contribution in [3.8, 4) is 5.75 Å². The molecule has 0 bridgehead atoms. The van der Waals surface area contributed by atoms with Crippen LogP contribution in [0.25, 0.3) is 0 Å². The predicted molar refractivity (Wildman–Crippen MR) is 78.3 cm³/mol. The quantitative estimate of drug-likeness (QED) is 0.862. The van der Waals surface area contributed by atoms with Crippen molar-refractivity contribution < 1.29 is 23.5 Å². The molecule has 0 radical (unpaired) electrons. The molecule has 0 heterocycles. The highest BCUT2D eigenvalue weighted by atomic mass is 19.1. The van der Waals surface area contributed by atoms with Crippen molar-refractivity contribution in [2.45, 2.75) is 0 Å². The second kappa shape index (κ2) is 7.21. The van der Waals surface area contributed by atoms with Crippen LogP contribution in [0.4, 0.5) is 10.1 Å². The fourth-order valence-electron chi connectivity index (χ4n) is 1.75. The molecule has 0 unspecified atom stereocenters. The molecule has 0 saturated carbocycles. The molecule has 0 aliphatic rings. The Labute approximate surface area is 126 Å². The molecule has 2 rings (SSSR count).